The van der Waals surface area contributed by atoms with Gasteiger partial charge in [0.25, 0.3) is 0 Å². The first kappa shape index (κ1) is 15.6. The monoisotopic (exact) mass is 291 g/mol. The van der Waals surface area contributed by atoms with Crippen LogP contribution in [-0.4, -0.2) is 54.2 Å². The highest BCUT2D eigenvalue weighted by molar-refractivity contribution is 6.03. The molecule has 1 saturated heterocycles. The minimum absolute atomic E-state index is 0.130. The lowest BCUT2D eigenvalue weighted by Crippen LogP contribution is -2.39. The molecule has 0 bridgehead atoms. The molecule has 0 aliphatic carbocycles. The third-order valence-corrected chi connectivity index (χ3v) is 3.93. The lowest BCUT2D eigenvalue weighted by Gasteiger charge is -2.31. The van der Waals surface area contributed by atoms with Gasteiger partial charge in [-0.1, -0.05) is 5.16 Å². The van der Waals surface area contributed by atoms with Gasteiger partial charge in [-0.25, -0.2) is 0 Å². The third-order valence-electron chi connectivity index (χ3n) is 3.93. The molecule has 1 fully saturated rings. The molecule has 2 heterocycles. The molecule has 0 spiro atoms. The Labute approximate surface area is 126 Å². The van der Waals surface area contributed by atoms with E-state index >= 15 is 0 Å². The Bertz CT molecular complexity index is 541. The third kappa shape index (κ3) is 3.26. The van der Waals surface area contributed by atoms with Gasteiger partial charge < -0.3 is 20.7 Å². The van der Waals surface area contributed by atoms with Crippen molar-refractivity contribution >= 4 is 11.5 Å². The fourth-order valence-electron chi connectivity index (χ4n) is 3.17. The van der Waals surface area contributed by atoms with Crippen LogP contribution in [0.1, 0.15) is 29.8 Å². The average Bonchev–Trinajstić information content (AvgIpc) is 2.84. The van der Waals surface area contributed by atoms with Gasteiger partial charge in [0.05, 0.1) is 16.9 Å². The van der Waals surface area contributed by atoms with E-state index in [1.54, 1.807) is 0 Å². The molecule has 1 aromatic heterocycles. The number of amidine groups is 1. The van der Waals surface area contributed by atoms with Crippen molar-refractivity contribution in [1.29, 1.82) is 0 Å². The van der Waals surface area contributed by atoms with E-state index in [0.29, 0.717) is 6.04 Å². The molecule has 1 aliphatic rings. The number of aryl methyl sites for hydroxylation is 2. The highest BCUT2D eigenvalue weighted by Crippen LogP contribution is 2.30. The highest BCUT2D eigenvalue weighted by Gasteiger charge is 2.28. The summed E-state index contributed by atoms with van der Waals surface area (Å²) in [5.41, 5.74) is 9.41. The Morgan fingerprint density at radius 1 is 1.52 bits per heavy atom. The summed E-state index contributed by atoms with van der Waals surface area (Å²) in [6.45, 7) is 5.87. The first-order valence-corrected chi connectivity index (χ1v) is 7.31. The van der Waals surface area contributed by atoms with E-state index in [1.165, 1.54) is 0 Å². The zero-order valence-electron chi connectivity index (χ0n) is 13.3. The lowest BCUT2D eigenvalue weighted by molar-refractivity contribution is 0.318. The Kier molecular flexibility index (Phi) is 4.67. The van der Waals surface area contributed by atoms with E-state index in [-0.39, 0.29) is 5.84 Å². The molecule has 1 atom stereocenters. The molecule has 0 radical (unpaired) electrons. The van der Waals surface area contributed by atoms with Gasteiger partial charge in [-0.05, 0) is 46.9 Å². The van der Waals surface area contributed by atoms with E-state index in [1.807, 2.05) is 19.9 Å². The number of rotatable bonds is 4. The lowest BCUT2D eigenvalue weighted by atomic mass is 10.1. The van der Waals surface area contributed by atoms with Crippen LogP contribution in [0.25, 0.3) is 0 Å². The summed E-state index contributed by atoms with van der Waals surface area (Å²) in [5, 5.41) is 12.3. The first-order chi connectivity index (χ1) is 9.93. The summed E-state index contributed by atoms with van der Waals surface area (Å²) in [5.74, 6) is 0.130. The van der Waals surface area contributed by atoms with Crippen LogP contribution in [0.2, 0.25) is 0 Å². The number of aromatic nitrogens is 1. The van der Waals surface area contributed by atoms with Crippen LogP contribution < -0.4 is 10.6 Å². The smallest absolute Gasteiger partial charge is 0.174 e. The van der Waals surface area contributed by atoms with Crippen LogP contribution >= 0.6 is 0 Å². The highest BCUT2D eigenvalue weighted by atomic mass is 16.4. The van der Waals surface area contributed by atoms with Crippen LogP contribution in [0.3, 0.4) is 0 Å². The van der Waals surface area contributed by atoms with E-state index < -0.39 is 0 Å². The fraction of sp³-hybridized carbons (Fsp3) is 0.600. The van der Waals surface area contributed by atoms with Crippen molar-refractivity contribution < 1.29 is 5.21 Å². The second-order valence-electron chi connectivity index (χ2n) is 5.98. The Morgan fingerprint density at radius 2 is 2.24 bits per heavy atom. The summed E-state index contributed by atoms with van der Waals surface area (Å²) in [6.07, 6.45) is 2.32. The molecule has 1 aliphatic heterocycles. The van der Waals surface area contributed by atoms with Crippen molar-refractivity contribution in [3.05, 3.63) is 23.0 Å². The number of anilines is 1. The SMILES string of the molecule is Cc1cc(N2CCCC2CN(C)C)c(/C(N)=N/O)c(C)n1. The number of nitrogens with zero attached hydrogens (tertiary/aromatic N) is 4. The van der Waals surface area contributed by atoms with Gasteiger partial charge in [-0.15, -0.1) is 0 Å². The molecule has 3 N–H and O–H groups in total. The summed E-state index contributed by atoms with van der Waals surface area (Å²) < 4.78 is 0. The van der Waals surface area contributed by atoms with Gasteiger partial charge in [0.2, 0.25) is 0 Å². The van der Waals surface area contributed by atoms with Crippen molar-refractivity contribution in [1.82, 2.24) is 9.88 Å². The topological polar surface area (TPSA) is 78.0 Å². The number of likely N-dealkylation sites (N-methyl/N-ethyl adjacent to an activating group) is 1. The summed E-state index contributed by atoms with van der Waals surface area (Å²) in [6, 6.07) is 2.49. The molecule has 116 valence electrons. The molecule has 0 aromatic carbocycles. The van der Waals surface area contributed by atoms with Crippen LogP contribution in [0.15, 0.2) is 11.2 Å². The Balaban J connectivity index is 2.46. The number of hydrogen-bond donors (Lipinski definition) is 2. The van der Waals surface area contributed by atoms with Gasteiger partial charge in [0.15, 0.2) is 5.84 Å². The summed E-state index contributed by atoms with van der Waals surface area (Å²) in [4.78, 5) is 9.02. The van der Waals surface area contributed by atoms with Gasteiger partial charge in [0.1, 0.15) is 0 Å². The normalized spacial score (nSPS) is 19.6. The molecule has 6 heteroatoms. The summed E-state index contributed by atoms with van der Waals surface area (Å²) >= 11 is 0. The van der Waals surface area contributed by atoms with Crippen LogP contribution in [0.4, 0.5) is 5.69 Å². The zero-order chi connectivity index (χ0) is 15.6. The van der Waals surface area contributed by atoms with Crippen molar-refractivity contribution in [3.8, 4) is 0 Å². The molecule has 1 aromatic rings. The molecule has 0 saturated carbocycles. The molecule has 2 rings (SSSR count). The molecule has 1 unspecified atom stereocenters. The van der Waals surface area contributed by atoms with Crippen molar-refractivity contribution in [2.75, 3.05) is 32.1 Å². The van der Waals surface area contributed by atoms with E-state index in [0.717, 1.165) is 48.6 Å². The maximum absolute atomic E-state index is 9.07. The second-order valence-corrected chi connectivity index (χ2v) is 5.98. The van der Waals surface area contributed by atoms with Crippen molar-refractivity contribution in [2.24, 2.45) is 10.9 Å². The average molecular weight is 291 g/mol. The van der Waals surface area contributed by atoms with Crippen LogP contribution in [0.5, 0.6) is 0 Å². The van der Waals surface area contributed by atoms with Gasteiger partial charge in [-0.2, -0.15) is 0 Å². The minimum Gasteiger partial charge on any atom is -0.409 e. The zero-order valence-corrected chi connectivity index (χ0v) is 13.3. The van der Waals surface area contributed by atoms with E-state index in [9.17, 15) is 0 Å². The molecular weight excluding hydrogens is 266 g/mol. The van der Waals surface area contributed by atoms with E-state index in [4.69, 9.17) is 10.9 Å². The number of hydrogen-bond acceptors (Lipinski definition) is 5. The van der Waals surface area contributed by atoms with Gasteiger partial charge in [0, 0.05) is 24.8 Å². The first-order valence-electron chi connectivity index (χ1n) is 7.31. The Morgan fingerprint density at radius 3 is 2.86 bits per heavy atom. The molecule has 0 amide bonds. The maximum Gasteiger partial charge on any atom is 0.174 e. The minimum atomic E-state index is 0.130. The van der Waals surface area contributed by atoms with Gasteiger partial charge >= 0.3 is 0 Å². The Hall–Kier alpha value is -1.82. The van der Waals surface area contributed by atoms with Gasteiger partial charge in [-0.3, -0.25) is 4.98 Å². The van der Waals surface area contributed by atoms with Crippen molar-refractivity contribution in [2.45, 2.75) is 32.7 Å². The quantitative estimate of drug-likeness (QED) is 0.379. The standard InChI is InChI=1S/C15H25N5O/c1-10-8-13(14(11(2)17-10)15(16)18-21)20-7-5-6-12(20)9-19(3)4/h8,12,21H,5-7,9H2,1-4H3,(H2,16,18). The molecular formula is C15H25N5O. The number of pyridine rings is 1. The fourth-order valence-corrected chi connectivity index (χ4v) is 3.17. The predicted octanol–water partition coefficient (Wildman–Crippen LogP) is 1.32. The molecule has 6 nitrogen and oxygen atoms in total. The van der Waals surface area contributed by atoms with Crippen molar-refractivity contribution in [3.63, 3.8) is 0 Å². The predicted molar refractivity (Wildman–Crippen MR) is 85.1 cm³/mol. The maximum atomic E-state index is 9.07. The number of oxime groups is 1. The van der Waals surface area contributed by atoms with Crippen LogP contribution in [0, 0.1) is 13.8 Å². The van der Waals surface area contributed by atoms with Crippen LogP contribution in [-0.2, 0) is 0 Å². The second kappa shape index (κ2) is 6.30. The van der Waals surface area contributed by atoms with E-state index in [2.05, 4.69) is 34.0 Å². The largest absolute Gasteiger partial charge is 0.409 e. The molecule has 21 heavy (non-hydrogen) atoms. The summed E-state index contributed by atoms with van der Waals surface area (Å²) in [7, 11) is 4.17. The number of nitrogens with two attached hydrogens (primary N) is 1.